The second kappa shape index (κ2) is 6.66. The number of hydrogen-bond donors (Lipinski definition) is 1. The van der Waals surface area contributed by atoms with Gasteiger partial charge >= 0.3 is 0 Å². The molecule has 0 aromatic heterocycles. The molecule has 1 N–H and O–H groups in total. The van der Waals surface area contributed by atoms with Gasteiger partial charge in [0.1, 0.15) is 4.90 Å². The van der Waals surface area contributed by atoms with Gasteiger partial charge < -0.3 is 9.80 Å². The summed E-state index contributed by atoms with van der Waals surface area (Å²) in [5, 5.41) is 0. The Morgan fingerprint density at radius 1 is 1.41 bits per heavy atom. The molecule has 0 saturated carbocycles. The van der Waals surface area contributed by atoms with E-state index < -0.39 is 10.0 Å². The minimum absolute atomic E-state index is 0.147. The first-order valence-corrected chi connectivity index (χ1v) is 9.25. The number of halogens is 1. The fourth-order valence-corrected chi connectivity index (χ4v) is 4.42. The molecule has 2 rings (SSSR count). The molecule has 0 radical (unpaired) electrons. The summed E-state index contributed by atoms with van der Waals surface area (Å²) in [5.74, 6) is -0.147. The summed E-state index contributed by atoms with van der Waals surface area (Å²) >= 11 is 3.35. The van der Waals surface area contributed by atoms with Gasteiger partial charge in [-0.25, -0.2) is 13.1 Å². The molecular weight excluding hydrogens is 370 g/mol. The largest absolute Gasteiger partial charge is 0.311 e. The molecule has 0 spiro atoms. The van der Waals surface area contributed by atoms with Crippen molar-refractivity contribution >= 4 is 37.5 Å². The summed E-state index contributed by atoms with van der Waals surface area (Å²) in [6.07, 6.45) is 0.661. The van der Waals surface area contributed by atoms with E-state index in [4.69, 9.17) is 0 Å². The van der Waals surface area contributed by atoms with Crippen LogP contribution in [0.3, 0.4) is 0 Å². The van der Waals surface area contributed by atoms with Gasteiger partial charge in [-0.2, -0.15) is 0 Å². The lowest BCUT2D eigenvalue weighted by Gasteiger charge is -2.19. The van der Waals surface area contributed by atoms with Crippen LogP contribution in [0, 0.1) is 0 Å². The number of nitrogens with one attached hydrogen (secondary N) is 1. The van der Waals surface area contributed by atoms with Crippen LogP contribution < -0.4 is 9.62 Å². The Morgan fingerprint density at radius 2 is 2.09 bits per heavy atom. The Bertz CT molecular complexity index is 689. The van der Waals surface area contributed by atoms with E-state index in [1.54, 1.807) is 6.07 Å². The Kier molecular flexibility index (Phi) is 5.26. The predicted molar refractivity (Wildman–Crippen MR) is 89.6 cm³/mol. The van der Waals surface area contributed by atoms with Gasteiger partial charge in [0.05, 0.1) is 5.69 Å². The number of benzene rings is 1. The molecule has 1 aliphatic heterocycles. The summed E-state index contributed by atoms with van der Waals surface area (Å²) < 4.78 is 28.5. The minimum atomic E-state index is -3.67. The van der Waals surface area contributed by atoms with E-state index in [-0.39, 0.29) is 10.8 Å². The lowest BCUT2D eigenvalue weighted by Crippen LogP contribution is -2.33. The van der Waals surface area contributed by atoms with Crippen molar-refractivity contribution in [2.45, 2.75) is 18.2 Å². The van der Waals surface area contributed by atoms with Crippen molar-refractivity contribution < 1.29 is 13.2 Å². The molecule has 1 aliphatic rings. The Hall–Kier alpha value is -0.960. The Morgan fingerprint density at radius 3 is 2.68 bits per heavy atom. The molecule has 1 aromatic carbocycles. The van der Waals surface area contributed by atoms with Gasteiger partial charge in [-0.05, 0) is 38.2 Å². The maximum absolute atomic E-state index is 12.6. The smallest absolute Gasteiger partial charge is 0.242 e. The third-order valence-electron chi connectivity index (χ3n) is 3.51. The number of fused-ring (bicyclic) bond motifs is 1. The van der Waals surface area contributed by atoms with E-state index in [1.165, 1.54) is 11.8 Å². The normalized spacial score (nSPS) is 14.5. The maximum atomic E-state index is 12.6. The fourth-order valence-electron chi connectivity index (χ4n) is 2.47. The molecule has 1 aromatic rings. The van der Waals surface area contributed by atoms with Crippen molar-refractivity contribution in [3.05, 3.63) is 22.2 Å². The number of anilines is 1. The van der Waals surface area contributed by atoms with Crippen LogP contribution in [0.4, 0.5) is 5.69 Å². The highest BCUT2D eigenvalue weighted by Gasteiger charge is 2.31. The molecule has 0 fully saturated rings. The van der Waals surface area contributed by atoms with Gasteiger partial charge in [0, 0.05) is 31.0 Å². The van der Waals surface area contributed by atoms with Gasteiger partial charge in [0.25, 0.3) is 0 Å². The molecule has 0 saturated heterocycles. The second-order valence-electron chi connectivity index (χ2n) is 5.53. The van der Waals surface area contributed by atoms with E-state index in [2.05, 4.69) is 20.7 Å². The van der Waals surface area contributed by atoms with Crippen molar-refractivity contribution in [2.75, 3.05) is 38.6 Å². The number of hydrogen-bond acceptors (Lipinski definition) is 4. The topological polar surface area (TPSA) is 69.7 Å². The molecule has 122 valence electrons. The monoisotopic (exact) mass is 389 g/mol. The Labute approximate surface area is 139 Å². The summed E-state index contributed by atoms with van der Waals surface area (Å²) in [4.78, 5) is 15.4. The molecular formula is C14H20BrN3O3S. The van der Waals surface area contributed by atoms with Crippen LogP contribution in [-0.2, 0) is 21.2 Å². The lowest BCUT2D eigenvalue weighted by atomic mass is 10.2. The average Bonchev–Trinajstić information content (AvgIpc) is 2.80. The summed E-state index contributed by atoms with van der Waals surface area (Å²) in [6.45, 7) is 2.89. The van der Waals surface area contributed by atoms with E-state index in [0.717, 1.165) is 5.56 Å². The quantitative estimate of drug-likeness (QED) is 0.821. The van der Waals surface area contributed by atoms with Crippen LogP contribution in [0.25, 0.3) is 0 Å². The number of carbonyl (C=O) groups is 1. The summed E-state index contributed by atoms with van der Waals surface area (Å²) in [6, 6.07) is 3.43. The SMILES string of the molecule is CC(=O)N1CCc2cc(Br)cc(S(=O)(=O)NCCN(C)C)c21. The number of amides is 1. The molecule has 0 unspecified atom stereocenters. The van der Waals surface area contributed by atoms with Crippen molar-refractivity contribution in [3.63, 3.8) is 0 Å². The number of sulfonamides is 1. The Balaban J connectivity index is 2.40. The van der Waals surface area contributed by atoms with E-state index in [0.29, 0.717) is 36.2 Å². The van der Waals surface area contributed by atoms with E-state index >= 15 is 0 Å². The van der Waals surface area contributed by atoms with E-state index in [9.17, 15) is 13.2 Å². The van der Waals surface area contributed by atoms with Gasteiger partial charge in [0.15, 0.2) is 0 Å². The van der Waals surface area contributed by atoms with Crippen molar-refractivity contribution in [1.29, 1.82) is 0 Å². The zero-order valence-corrected chi connectivity index (χ0v) is 15.3. The highest BCUT2D eigenvalue weighted by atomic mass is 79.9. The van der Waals surface area contributed by atoms with Crippen LogP contribution in [0.1, 0.15) is 12.5 Å². The van der Waals surface area contributed by atoms with Crippen molar-refractivity contribution in [3.8, 4) is 0 Å². The average molecular weight is 390 g/mol. The zero-order valence-electron chi connectivity index (χ0n) is 12.9. The van der Waals surface area contributed by atoms with Crippen molar-refractivity contribution in [2.24, 2.45) is 0 Å². The van der Waals surface area contributed by atoms with Crippen LogP contribution >= 0.6 is 15.9 Å². The molecule has 0 aliphatic carbocycles. The van der Waals surface area contributed by atoms with Crippen LogP contribution in [0.15, 0.2) is 21.5 Å². The van der Waals surface area contributed by atoms with Gasteiger partial charge in [-0.15, -0.1) is 0 Å². The lowest BCUT2D eigenvalue weighted by molar-refractivity contribution is -0.116. The van der Waals surface area contributed by atoms with Crippen molar-refractivity contribution in [1.82, 2.24) is 9.62 Å². The van der Waals surface area contributed by atoms with Crippen LogP contribution in [-0.4, -0.2) is 53.0 Å². The first kappa shape index (κ1) is 17.4. The number of rotatable bonds is 5. The first-order valence-electron chi connectivity index (χ1n) is 6.97. The van der Waals surface area contributed by atoms with Gasteiger partial charge in [0.2, 0.25) is 15.9 Å². The maximum Gasteiger partial charge on any atom is 0.242 e. The number of carbonyl (C=O) groups excluding carboxylic acids is 1. The second-order valence-corrected chi connectivity index (χ2v) is 8.18. The molecule has 6 nitrogen and oxygen atoms in total. The van der Waals surface area contributed by atoms with E-state index in [1.807, 2.05) is 25.1 Å². The van der Waals surface area contributed by atoms with Gasteiger partial charge in [-0.3, -0.25) is 4.79 Å². The highest BCUT2D eigenvalue weighted by Crippen LogP contribution is 2.37. The molecule has 0 bridgehead atoms. The molecule has 22 heavy (non-hydrogen) atoms. The van der Waals surface area contributed by atoms with Crippen LogP contribution in [0.5, 0.6) is 0 Å². The van der Waals surface area contributed by atoms with Gasteiger partial charge in [-0.1, -0.05) is 15.9 Å². The highest BCUT2D eigenvalue weighted by molar-refractivity contribution is 9.10. The molecule has 1 amide bonds. The number of nitrogens with zero attached hydrogens (tertiary/aromatic N) is 2. The summed E-state index contributed by atoms with van der Waals surface area (Å²) in [7, 11) is 0.0844. The molecule has 0 atom stereocenters. The third-order valence-corrected chi connectivity index (χ3v) is 5.45. The predicted octanol–water partition coefficient (Wildman–Crippen LogP) is 1.20. The third kappa shape index (κ3) is 3.68. The zero-order chi connectivity index (χ0) is 16.5. The standard InChI is InChI=1S/C14H20BrN3O3S/c1-10(19)18-6-4-11-8-12(15)9-13(14(11)18)22(20,21)16-5-7-17(2)3/h8-9,16H,4-7H2,1-3H3. The minimum Gasteiger partial charge on any atom is -0.311 e. The van der Waals surface area contributed by atoms with Crippen LogP contribution in [0.2, 0.25) is 0 Å². The molecule has 8 heteroatoms. The first-order chi connectivity index (χ1) is 10.2. The number of likely N-dealkylation sites (N-methyl/N-ethyl adjacent to an activating group) is 1. The molecule has 1 heterocycles. The summed E-state index contributed by atoms with van der Waals surface area (Å²) in [5.41, 5.74) is 1.38. The fraction of sp³-hybridized carbons (Fsp3) is 0.500.